The maximum absolute atomic E-state index is 12.4. The van der Waals surface area contributed by atoms with Gasteiger partial charge in [-0.05, 0) is 30.3 Å². The van der Waals surface area contributed by atoms with Crippen LogP contribution in [0.2, 0.25) is 0 Å². The van der Waals surface area contributed by atoms with Crippen LogP contribution in [-0.2, 0) is 0 Å². The zero-order chi connectivity index (χ0) is 13.7. The molecule has 0 bridgehead atoms. The number of hydrogen-bond donors (Lipinski definition) is 3. The van der Waals surface area contributed by atoms with Gasteiger partial charge in [0.15, 0.2) is 11.6 Å². The van der Waals surface area contributed by atoms with Crippen LogP contribution in [0, 0.1) is 0 Å². The molecule has 2 aromatic rings. The second kappa shape index (κ2) is 3.58. The zero-order valence-corrected chi connectivity index (χ0v) is 9.81. The van der Waals surface area contributed by atoms with Gasteiger partial charge in [-0.1, -0.05) is 0 Å². The van der Waals surface area contributed by atoms with E-state index in [2.05, 4.69) is 0 Å². The average Bonchev–Trinajstić information content (AvgIpc) is 2.39. The average molecular weight is 254 g/mol. The number of carbonyl (C=O) groups excluding carboxylic acids is 2. The molecule has 19 heavy (non-hydrogen) atoms. The Balaban J connectivity index is 2.36. The first-order valence-corrected chi connectivity index (χ1v) is 5.61. The zero-order valence-electron chi connectivity index (χ0n) is 9.81. The van der Waals surface area contributed by atoms with Crippen molar-refractivity contribution in [1.82, 2.24) is 0 Å². The van der Waals surface area contributed by atoms with Crippen molar-refractivity contribution in [3.05, 3.63) is 52.6 Å². The molecular weight excluding hydrogens is 244 g/mol. The number of phenols is 1. The molecule has 2 aromatic carbocycles. The van der Waals surface area contributed by atoms with Crippen molar-refractivity contribution in [3.63, 3.8) is 0 Å². The number of fused-ring (bicyclic) bond motifs is 2. The Morgan fingerprint density at radius 3 is 2.26 bits per heavy atom. The highest BCUT2D eigenvalue weighted by Crippen LogP contribution is 2.34. The minimum Gasteiger partial charge on any atom is -0.508 e. The predicted molar refractivity (Wildman–Crippen MR) is 70.2 cm³/mol. The van der Waals surface area contributed by atoms with Gasteiger partial charge in [-0.25, -0.2) is 0 Å². The molecule has 0 amide bonds. The van der Waals surface area contributed by atoms with Crippen LogP contribution in [0.15, 0.2) is 30.3 Å². The van der Waals surface area contributed by atoms with Crippen LogP contribution in [0.5, 0.6) is 5.75 Å². The van der Waals surface area contributed by atoms with Crippen molar-refractivity contribution in [1.29, 1.82) is 0 Å². The molecule has 0 aliphatic heterocycles. The maximum Gasteiger partial charge on any atom is 0.196 e. The van der Waals surface area contributed by atoms with E-state index in [1.807, 2.05) is 0 Å². The first-order chi connectivity index (χ1) is 9.00. The highest BCUT2D eigenvalue weighted by Gasteiger charge is 2.32. The summed E-state index contributed by atoms with van der Waals surface area (Å²) >= 11 is 0. The second-order valence-corrected chi connectivity index (χ2v) is 4.38. The lowest BCUT2D eigenvalue weighted by molar-refractivity contribution is 0.0979. The monoisotopic (exact) mass is 254 g/mol. The van der Waals surface area contributed by atoms with E-state index in [0.717, 1.165) is 0 Å². The van der Waals surface area contributed by atoms with Gasteiger partial charge in [0.05, 0.1) is 16.9 Å². The molecule has 0 unspecified atom stereocenters. The molecule has 5 nitrogen and oxygen atoms in total. The third kappa shape index (κ3) is 1.41. The quantitative estimate of drug-likeness (QED) is 0.525. The molecular formula is C14H10N2O3. The van der Waals surface area contributed by atoms with Crippen LogP contribution in [0.3, 0.4) is 0 Å². The molecule has 0 heterocycles. The lowest BCUT2D eigenvalue weighted by atomic mass is 9.83. The highest BCUT2D eigenvalue weighted by atomic mass is 16.3. The summed E-state index contributed by atoms with van der Waals surface area (Å²) in [6.07, 6.45) is 0. The van der Waals surface area contributed by atoms with E-state index >= 15 is 0 Å². The van der Waals surface area contributed by atoms with Crippen molar-refractivity contribution in [2.75, 3.05) is 11.5 Å². The minimum atomic E-state index is -0.352. The third-order valence-corrected chi connectivity index (χ3v) is 3.24. The molecule has 0 spiro atoms. The number of nitrogen functional groups attached to an aromatic ring is 2. The van der Waals surface area contributed by atoms with E-state index in [-0.39, 0.29) is 50.9 Å². The molecule has 0 saturated heterocycles. The van der Waals surface area contributed by atoms with Crippen molar-refractivity contribution in [3.8, 4) is 5.75 Å². The van der Waals surface area contributed by atoms with Gasteiger partial charge < -0.3 is 16.6 Å². The van der Waals surface area contributed by atoms with Crippen molar-refractivity contribution in [2.24, 2.45) is 0 Å². The van der Waals surface area contributed by atoms with Gasteiger partial charge >= 0.3 is 0 Å². The van der Waals surface area contributed by atoms with E-state index in [1.165, 1.54) is 30.3 Å². The lowest BCUT2D eigenvalue weighted by Gasteiger charge is -2.19. The Kier molecular flexibility index (Phi) is 2.13. The summed E-state index contributed by atoms with van der Waals surface area (Å²) in [6.45, 7) is 0. The number of ketones is 2. The summed E-state index contributed by atoms with van der Waals surface area (Å²) in [4.78, 5) is 24.7. The molecule has 0 fully saturated rings. The fraction of sp³-hybridized carbons (Fsp3) is 0. The number of hydrogen-bond acceptors (Lipinski definition) is 5. The molecule has 0 atom stereocenters. The first kappa shape index (κ1) is 11.3. The first-order valence-electron chi connectivity index (χ1n) is 5.61. The molecule has 94 valence electrons. The number of rotatable bonds is 0. The van der Waals surface area contributed by atoms with Gasteiger partial charge in [-0.2, -0.15) is 0 Å². The predicted octanol–water partition coefficient (Wildman–Crippen LogP) is 1.33. The van der Waals surface area contributed by atoms with Gasteiger partial charge in [0, 0.05) is 16.7 Å². The van der Waals surface area contributed by atoms with Crippen LogP contribution < -0.4 is 11.5 Å². The van der Waals surface area contributed by atoms with Crippen LogP contribution in [0.1, 0.15) is 31.8 Å². The summed E-state index contributed by atoms with van der Waals surface area (Å²) in [6, 6.07) is 7.03. The third-order valence-electron chi connectivity index (χ3n) is 3.24. The van der Waals surface area contributed by atoms with E-state index in [1.54, 1.807) is 0 Å². The fourth-order valence-electron chi connectivity index (χ4n) is 2.27. The molecule has 0 radical (unpaired) electrons. The van der Waals surface area contributed by atoms with E-state index in [9.17, 15) is 14.7 Å². The molecule has 1 aliphatic rings. The SMILES string of the molecule is Nc1ccc2c(c1N)C(=O)c1ccc(O)cc1C2=O. The molecule has 5 N–H and O–H groups in total. The Hall–Kier alpha value is -2.82. The summed E-state index contributed by atoms with van der Waals surface area (Å²) < 4.78 is 0. The van der Waals surface area contributed by atoms with E-state index in [0.29, 0.717) is 0 Å². The van der Waals surface area contributed by atoms with Crippen molar-refractivity contribution < 1.29 is 14.7 Å². The lowest BCUT2D eigenvalue weighted by Crippen LogP contribution is -2.22. The Morgan fingerprint density at radius 2 is 1.53 bits per heavy atom. The summed E-state index contributed by atoms with van der Waals surface area (Å²) in [7, 11) is 0. The number of nitrogens with two attached hydrogens (primary N) is 2. The molecule has 1 aliphatic carbocycles. The number of phenolic OH excluding ortho intramolecular Hbond substituents is 1. The molecule has 5 heteroatoms. The molecule has 3 rings (SSSR count). The smallest absolute Gasteiger partial charge is 0.196 e. The summed E-state index contributed by atoms with van der Waals surface area (Å²) in [5.74, 6) is -0.756. The van der Waals surface area contributed by atoms with Gasteiger partial charge in [-0.15, -0.1) is 0 Å². The number of anilines is 2. The fourth-order valence-corrected chi connectivity index (χ4v) is 2.27. The van der Waals surface area contributed by atoms with Crippen molar-refractivity contribution >= 4 is 22.9 Å². The number of benzene rings is 2. The van der Waals surface area contributed by atoms with Gasteiger partial charge in [0.1, 0.15) is 5.75 Å². The van der Waals surface area contributed by atoms with Crippen LogP contribution in [-0.4, -0.2) is 16.7 Å². The standard InChI is InChI=1S/C14H10N2O3/c15-10-4-3-8-11(12(10)16)14(19)7-2-1-6(17)5-9(7)13(8)18/h1-5,17H,15-16H2. The molecule has 0 aromatic heterocycles. The van der Waals surface area contributed by atoms with Crippen LogP contribution >= 0.6 is 0 Å². The van der Waals surface area contributed by atoms with Crippen LogP contribution in [0.4, 0.5) is 11.4 Å². The largest absolute Gasteiger partial charge is 0.508 e. The normalized spacial score (nSPS) is 13.1. The summed E-state index contributed by atoms with van der Waals surface area (Å²) in [5, 5.41) is 9.43. The van der Waals surface area contributed by atoms with Gasteiger partial charge in [0.25, 0.3) is 0 Å². The maximum atomic E-state index is 12.4. The van der Waals surface area contributed by atoms with Crippen molar-refractivity contribution in [2.45, 2.75) is 0 Å². The Bertz CT molecular complexity index is 751. The number of carbonyl (C=O) groups is 2. The van der Waals surface area contributed by atoms with Crippen LogP contribution in [0.25, 0.3) is 0 Å². The Morgan fingerprint density at radius 1 is 0.842 bits per heavy atom. The van der Waals surface area contributed by atoms with E-state index < -0.39 is 0 Å². The second-order valence-electron chi connectivity index (χ2n) is 4.38. The van der Waals surface area contributed by atoms with Gasteiger partial charge in [0.2, 0.25) is 0 Å². The summed E-state index contributed by atoms with van der Waals surface area (Å²) in [5.41, 5.74) is 12.6. The van der Waals surface area contributed by atoms with E-state index in [4.69, 9.17) is 11.5 Å². The highest BCUT2D eigenvalue weighted by molar-refractivity contribution is 6.30. The minimum absolute atomic E-state index is 0.0632. The topological polar surface area (TPSA) is 106 Å². The Labute approximate surface area is 108 Å². The number of aromatic hydroxyl groups is 1. The van der Waals surface area contributed by atoms with Gasteiger partial charge in [-0.3, -0.25) is 9.59 Å². The molecule has 0 saturated carbocycles.